The highest BCUT2D eigenvalue weighted by Crippen LogP contribution is 2.01. The van der Waals surface area contributed by atoms with Crippen molar-refractivity contribution < 1.29 is 14.0 Å². The zero-order chi connectivity index (χ0) is 14.1. The Morgan fingerprint density at radius 1 is 1.05 bits per heavy atom. The minimum absolute atomic E-state index is 0.210. The minimum atomic E-state index is -0.666. The molecule has 1 rings (SSSR count). The van der Waals surface area contributed by atoms with Crippen LogP contribution in [-0.2, 0) is 16.1 Å². The quantitative estimate of drug-likeness (QED) is 0.609. The second-order valence-corrected chi connectivity index (χ2v) is 4.27. The van der Waals surface area contributed by atoms with Crippen molar-refractivity contribution in [2.45, 2.75) is 32.7 Å². The van der Waals surface area contributed by atoms with Gasteiger partial charge in [0.1, 0.15) is 5.82 Å². The normalized spacial score (nSPS) is 10.0. The molecule has 0 bridgehead atoms. The third kappa shape index (κ3) is 5.99. The molecule has 104 valence electrons. The predicted octanol–water partition coefficient (Wildman–Crippen LogP) is 1.75. The summed E-state index contributed by atoms with van der Waals surface area (Å²) in [7, 11) is 0. The van der Waals surface area contributed by atoms with Gasteiger partial charge in [-0.3, -0.25) is 9.59 Å². The summed E-state index contributed by atoms with van der Waals surface area (Å²) >= 11 is 0. The first-order valence-corrected chi connectivity index (χ1v) is 6.44. The van der Waals surface area contributed by atoms with Crippen LogP contribution in [0.5, 0.6) is 0 Å². The molecule has 0 aliphatic rings. The Hall–Kier alpha value is -1.91. The van der Waals surface area contributed by atoms with Crippen LogP contribution in [0.25, 0.3) is 0 Å². The van der Waals surface area contributed by atoms with Gasteiger partial charge in [-0.2, -0.15) is 0 Å². The topological polar surface area (TPSA) is 58.2 Å². The Labute approximate surface area is 112 Å². The van der Waals surface area contributed by atoms with Crippen molar-refractivity contribution in [1.29, 1.82) is 0 Å². The van der Waals surface area contributed by atoms with Gasteiger partial charge >= 0.3 is 11.8 Å². The van der Waals surface area contributed by atoms with Crippen molar-refractivity contribution in [1.82, 2.24) is 10.6 Å². The summed E-state index contributed by atoms with van der Waals surface area (Å²) in [5.74, 6) is -1.62. The molecule has 0 aliphatic carbocycles. The maximum atomic E-state index is 12.7. The fourth-order valence-corrected chi connectivity index (χ4v) is 1.52. The zero-order valence-corrected chi connectivity index (χ0v) is 11.0. The van der Waals surface area contributed by atoms with E-state index in [1.54, 1.807) is 12.1 Å². The molecule has 0 spiro atoms. The van der Waals surface area contributed by atoms with E-state index in [9.17, 15) is 14.0 Å². The molecule has 19 heavy (non-hydrogen) atoms. The lowest BCUT2D eigenvalue weighted by Crippen LogP contribution is -2.39. The van der Waals surface area contributed by atoms with Crippen molar-refractivity contribution in [3.8, 4) is 0 Å². The zero-order valence-electron chi connectivity index (χ0n) is 11.0. The molecule has 0 aliphatic heterocycles. The van der Waals surface area contributed by atoms with Gasteiger partial charge < -0.3 is 10.6 Å². The van der Waals surface area contributed by atoms with Crippen LogP contribution in [0.3, 0.4) is 0 Å². The van der Waals surface area contributed by atoms with Crippen LogP contribution < -0.4 is 10.6 Å². The molecular weight excluding hydrogens is 247 g/mol. The lowest BCUT2D eigenvalue weighted by atomic mass is 10.2. The van der Waals surface area contributed by atoms with E-state index in [1.807, 2.05) is 0 Å². The number of hydrogen-bond acceptors (Lipinski definition) is 2. The van der Waals surface area contributed by atoms with Gasteiger partial charge in [0.2, 0.25) is 0 Å². The van der Waals surface area contributed by atoms with Crippen molar-refractivity contribution in [3.63, 3.8) is 0 Å². The first-order valence-electron chi connectivity index (χ1n) is 6.44. The van der Waals surface area contributed by atoms with E-state index in [0.717, 1.165) is 24.8 Å². The van der Waals surface area contributed by atoms with Crippen molar-refractivity contribution in [2.24, 2.45) is 0 Å². The lowest BCUT2D eigenvalue weighted by Gasteiger charge is -2.06. The highest BCUT2D eigenvalue weighted by molar-refractivity contribution is 6.35. The summed E-state index contributed by atoms with van der Waals surface area (Å²) in [5.41, 5.74) is 0.744. The first kappa shape index (κ1) is 15.1. The van der Waals surface area contributed by atoms with Crippen molar-refractivity contribution in [3.05, 3.63) is 35.6 Å². The number of halogens is 1. The molecule has 4 nitrogen and oxygen atoms in total. The third-order valence-electron chi connectivity index (χ3n) is 2.64. The summed E-state index contributed by atoms with van der Waals surface area (Å²) in [5, 5.41) is 5.04. The molecule has 1 aromatic carbocycles. The molecule has 0 aromatic heterocycles. The molecule has 2 amide bonds. The largest absolute Gasteiger partial charge is 0.348 e. The van der Waals surface area contributed by atoms with Gasteiger partial charge in [-0.05, 0) is 24.1 Å². The molecule has 5 heteroatoms. The Kier molecular flexibility index (Phi) is 6.57. The monoisotopic (exact) mass is 266 g/mol. The summed E-state index contributed by atoms with van der Waals surface area (Å²) in [4.78, 5) is 22.8. The number of nitrogens with one attached hydrogen (secondary N) is 2. The summed E-state index contributed by atoms with van der Waals surface area (Å²) in [6, 6.07) is 5.75. The molecule has 0 heterocycles. The first-order chi connectivity index (χ1) is 9.13. The van der Waals surface area contributed by atoms with Gasteiger partial charge in [0.15, 0.2) is 0 Å². The fraction of sp³-hybridized carbons (Fsp3) is 0.429. The molecule has 0 fully saturated rings. The van der Waals surface area contributed by atoms with Gasteiger partial charge in [0.05, 0.1) is 0 Å². The van der Waals surface area contributed by atoms with E-state index >= 15 is 0 Å². The van der Waals surface area contributed by atoms with Crippen LogP contribution in [0, 0.1) is 5.82 Å². The van der Waals surface area contributed by atoms with Crippen LogP contribution in [0.1, 0.15) is 31.7 Å². The molecule has 2 N–H and O–H groups in total. The molecule has 0 saturated heterocycles. The molecular formula is C14H19FN2O2. The Morgan fingerprint density at radius 2 is 1.68 bits per heavy atom. The second kappa shape index (κ2) is 8.24. The summed E-state index contributed by atoms with van der Waals surface area (Å²) in [6.07, 6.45) is 2.96. The third-order valence-corrected chi connectivity index (χ3v) is 2.64. The van der Waals surface area contributed by atoms with Gasteiger partial charge in [-0.15, -0.1) is 0 Å². The smallest absolute Gasteiger partial charge is 0.309 e. The van der Waals surface area contributed by atoms with Crippen molar-refractivity contribution >= 4 is 11.8 Å². The Bertz CT molecular complexity index is 418. The van der Waals surface area contributed by atoms with Crippen LogP contribution >= 0.6 is 0 Å². The summed E-state index contributed by atoms with van der Waals surface area (Å²) < 4.78 is 12.7. The number of carbonyl (C=O) groups excluding carboxylic acids is 2. The van der Waals surface area contributed by atoms with Crippen LogP contribution in [0.2, 0.25) is 0 Å². The number of carbonyl (C=O) groups is 2. The molecule has 0 saturated carbocycles. The van der Waals surface area contributed by atoms with E-state index in [2.05, 4.69) is 17.6 Å². The number of amides is 2. The Balaban J connectivity index is 2.26. The van der Waals surface area contributed by atoms with E-state index in [4.69, 9.17) is 0 Å². The van der Waals surface area contributed by atoms with Crippen LogP contribution in [0.15, 0.2) is 24.3 Å². The highest BCUT2D eigenvalue weighted by atomic mass is 19.1. The van der Waals surface area contributed by atoms with Gasteiger partial charge in [0, 0.05) is 13.1 Å². The molecule has 0 unspecified atom stereocenters. The summed E-state index contributed by atoms with van der Waals surface area (Å²) in [6.45, 7) is 2.79. The number of unbranched alkanes of at least 4 members (excludes halogenated alkanes) is 2. The predicted molar refractivity (Wildman–Crippen MR) is 70.8 cm³/mol. The van der Waals surface area contributed by atoms with Crippen LogP contribution in [-0.4, -0.2) is 18.4 Å². The van der Waals surface area contributed by atoms with E-state index in [1.165, 1.54) is 12.1 Å². The highest BCUT2D eigenvalue weighted by Gasteiger charge is 2.11. The SMILES string of the molecule is CCCCCNC(=O)C(=O)NCc1ccc(F)cc1. The number of rotatable bonds is 6. The van der Waals surface area contributed by atoms with E-state index in [-0.39, 0.29) is 12.4 Å². The molecule has 0 radical (unpaired) electrons. The van der Waals surface area contributed by atoms with Crippen LogP contribution in [0.4, 0.5) is 4.39 Å². The van der Waals surface area contributed by atoms with E-state index in [0.29, 0.717) is 6.54 Å². The average molecular weight is 266 g/mol. The average Bonchev–Trinajstić information content (AvgIpc) is 2.42. The maximum absolute atomic E-state index is 12.7. The standard InChI is InChI=1S/C14H19FN2O2/c1-2-3-4-9-16-13(18)14(19)17-10-11-5-7-12(15)8-6-11/h5-8H,2-4,9-10H2,1H3,(H,16,18)(H,17,19). The maximum Gasteiger partial charge on any atom is 0.309 e. The minimum Gasteiger partial charge on any atom is -0.348 e. The van der Waals surface area contributed by atoms with Gasteiger partial charge in [-0.1, -0.05) is 31.9 Å². The Morgan fingerprint density at radius 3 is 2.32 bits per heavy atom. The van der Waals surface area contributed by atoms with Gasteiger partial charge in [0.25, 0.3) is 0 Å². The lowest BCUT2D eigenvalue weighted by molar-refractivity contribution is -0.139. The number of benzene rings is 1. The van der Waals surface area contributed by atoms with Gasteiger partial charge in [-0.25, -0.2) is 4.39 Å². The molecule has 0 atom stereocenters. The number of hydrogen-bond donors (Lipinski definition) is 2. The van der Waals surface area contributed by atoms with Crippen molar-refractivity contribution in [2.75, 3.05) is 6.54 Å². The molecule has 1 aromatic rings. The fourth-order valence-electron chi connectivity index (χ4n) is 1.52. The second-order valence-electron chi connectivity index (χ2n) is 4.27. The van der Waals surface area contributed by atoms with E-state index < -0.39 is 11.8 Å².